The molecule has 0 amide bonds. The van der Waals surface area contributed by atoms with Crippen LogP contribution in [0.15, 0.2) is 42.5 Å². The highest BCUT2D eigenvalue weighted by Gasteiger charge is 2.09. The molecule has 0 heterocycles. The first-order valence-corrected chi connectivity index (χ1v) is 6.06. The van der Waals surface area contributed by atoms with E-state index in [4.69, 9.17) is 4.74 Å². The van der Waals surface area contributed by atoms with E-state index in [-0.39, 0.29) is 12.4 Å². The molecule has 2 aromatic carbocycles. The average Bonchev–Trinajstić information content (AvgIpc) is 2.31. The molecule has 17 heavy (non-hydrogen) atoms. The van der Waals surface area contributed by atoms with E-state index in [0.717, 1.165) is 9.13 Å². The molecule has 0 aliphatic rings. The molecule has 0 aromatic heterocycles. The van der Waals surface area contributed by atoms with E-state index in [0.29, 0.717) is 0 Å². The van der Waals surface area contributed by atoms with Crippen molar-refractivity contribution in [2.45, 2.75) is 6.61 Å². The predicted octanol–water partition coefficient (Wildman–Crippen LogP) is 4.15. The standard InChI is InChI=1S/C13H9F2IO/c14-11-2-1-3-12(15)13(11)17-8-9-4-6-10(16)7-5-9/h1-7H,8H2. The molecule has 88 valence electrons. The van der Waals surface area contributed by atoms with Crippen molar-refractivity contribution in [3.05, 3.63) is 63.2 Å². The zero-order chi connectivity index (χ0) is 12.3. The van der Waals surface area contributed by atoms with Crippen molar-refractivity contribution in [3.63, 3.8) is 0 Å². The van der Waals surface area contributed by atoms with Crippen LogP contribution in [-0.4, -0.2) is 0 Å². The summed E-state index contributed by atoms with van der Waals surface area (Å²) < 4.78 is 32.7. The fourth-order valence-corrected chi connectivity index (χ4v) is 1.72. The van der Waals surface area contributed by atoms with Gasteiger partial charge in [0.25, 0.3) is 0 Å². The molecule has 0 saturated heterocycles. The Kier molecular flexibility index (Phi) is 3.93. The lowest BCUT2D eigenvalue weighted by Crippen LogP contribution is -1.99. The van der Waals surface area contributed by atoms with Crippen LogP contribution in [0.2, 0.25) is 0 Å². The van der Waals surface area contributed by atoms with E-state index in [2.05, 4.69) is 22.6 Å². The average molecular weight is 346 g/mol. The third kappa shape index (κ3) is 3.15. The van der Waals surface area contributed by atoms with Gasteiger partial charge in [0.2, 0.25) is 0 Å². The van der Waals surface area contributed by atoms with Crippen LogP contribution in [0.4, 0.5) is 8.78 Å². The Labute approximate surface area is 112 Å². The first kappa shape index (κ1) is 12.3. The summed E-state index contributed by atoms with van der Waals surface area (Å²) in [6, 6.07) is 11.2. The third-order valence-electron chi connectivity index (χ3n) is 2.22. The molecule has 4 heteroatoms. The van der Waals surface area contributed by atoms with Gasteiger partial charge < -0.3 is 4.74 Å². The number of benzene rings is 2. The summed E-state index contributed by atoms with van der Waals surface area (Å²) in [7, 11) is 0. The Bertz CT molecular complexity index is 491. The molecular formula is C13H9F2IO. The molecule has 0 bridgehead atoms. The molecule has 0 aliphatic carbocycles. The van der Waals surface area contributed by atoms with Gasteiger partial charge in [-0.2, -0.15) is 0 Å². The van der Waals surface area contributed by atoms with Crippen LogP contribution >= 0.6 is 22.6 Å². The SMILES string of the molecule is Fc1cccc(F)c1OCc1ccc(I)cc1. The smallest absolute Gasteiger partial charge is 0.191 e. The minimum Gasteiger partial charge on any atom is -0.483 e. The Morgan fingerprint density at radius 2 is 1.53 bits per heavy atom. The molecule has 0 radical (unpaired) electrons. The van der Waals surface area contributed by atoms with Gasteiger partial charge in [-0.3, -0.25) is 0 Å². The minimum absolute atomic E-state index is 0.148. The second-order valence-corrected chi connectivity index (χ2v) is 4.71. The molecule has 0 atom stereocenters. The van der Waals surface area contributed by atoms with Crippen LogP contribution in [0.3, 0.4) is 0 Å². The molecule has 0 N–H and O–H groups in total. The Morgan fingerprint density at radius 3 is 2.12 bits per heavy atom. The molecule has 0 saturated carbocycles. The van der Waals surface area contributed by atoms with E-state index in [1.165, 1.54) is 18.2 Å². The fraction of sp³-hybridized carbons (Fsp3) is 0.0769. The summed E-state index contributed by atoms with van der Waals surface area (Å²) in [5.74, 6) is -1.70. The molecule has 0 fully saturated rings. The minimum atomic E-state index is -0.685. The van der Waals surface area contributed by atoms with Crippen LogP contribution in [-0.2, 0) is 6.61 Å². The van der Waals surface area contributed by atoms with Gasteiger partial charge in [0, 0.05) is 3.57 Å². The molecule has 2 aromatic rings. The van der Waals surface area contributed by atoms with Crippen molar-refractivity contribution in [1.29, 1.82) is 0 Å². The van der Waals surface area contributed by atoms with Gasteiger partial charge in [0.1, 0.15) is 6.61 Å². The summed E-state index contributed by atoms with van der Waals surface area (Å²) in [6.07, 6.45) is 0. The van der Waals surface area contributed by atoms with Crippen molar-refractivity contribution >= 4 is 22.6 Å². The topological polar surface area (TPSA) is 9.23 Å². The fourth-order valence-electron chi connectivity index (χ4n) is 1.36. The number of hydrogen-bond donors (Lipinski definition) is 0. The first-order chi connectivity index (χ1) is 8.16. The van der Waals surface area contributed by atoms with Crippen LogP contribution in [0.5, 0.6) is 5.75 Å². The van der Waals surface area contributed by atoms with Crippen LogP contribution in [0.25, 0.3) is 0 Å². The van der Waals surface area contributed by atoms with Gasteiger partial charge in [-0.1, -0.05) is 18.2 Å². The van der Waals surface area contributed by atoms with Crippen LogP contribution < -0.4 is 4.74 Å². The maximum absolute atomic E-state index is 13.3. The summed E-state index contributed by atoms with van der Waals surface area (Å²) in [5.41, 5.74) is 0.869. The second kappa shape index (κ2) is 5.44. The van der Waals surface area contributed by atoms with Gasteiger partial charge in [-0.05, 0) is 52.4 Å². The molecular weight excluding hydrogens is 337 g/mol. The molecule has 0 aliphatic heterocycles. The van der Waals surface area contributed by atoms with Crippen molar-refractivity contribution in [3.8, 4) is 5.75 Å². The van der Waals surface area contributed by atoms with Crippen molar-refractivity contribution in [2.24, 2.45) is 0 Å². The summed E-state index contributed by atoms with van der Waals surface area (Å²) in [6.45, 7) is 0.148. The van der Waals surface area contributed by atoms with Crippen LogP contribution in [0.1, 0.15) is 5.56 Å². The van der Waals surface area contributed by atoms with Crippen molar-refractivity contribution in [2.75, 3.05) is 0 Å². The van der Waals surface area contributed by atoms with Gasteiger partial charge in [0.05, 0.1) is 0 Å². The maximum Gasteiger partial charge on any atom is 0.191 e. The predicted molar refractivity (Wildman–Crippen MR) is 69.8 cm³/mol. The highest BCUT2D eigenvalue weighted by Crippen LogP contribution is 2.22. The molecule has 2 rings (SSSR count). The highest BCUT2D eigenvalue weighted by molar-refractivity contribution is 14.1. The molecule has 0 spiro atoms. The van der Waals surface area contributed by atoms with E-state index in [1.807, 2.05) is 24.3 Å². The Hall–Kier alpha value is -1.17. The lowest BCUT2D eigenvalue weighted by Gasteiger charge is -2.08. The zero-order valence-electron chi connectivity index (χ0n) is 8.79. The quantitative estimate of drug-likeness (QED) is 0.759. The van der Waals surface area contributed by atoms with Crippen molar-refractivity contribution in [1.82, 2.24) is 0 Å². The normalized spacial score (nSPS) is 10.3. The summed E-state index contributed by atoms with van der Waals surface area (Å²) in [4.78, 5) is 0. The van der Waals surface area contributed by atoms with Gasteiger partial charge >= 0.3 is 0 Å². The zero-order valence-corrected chi connectivity index (χ0v) is 10.9. The third-order valence-corrected chi connectivity index (χ3v) is 2.93. The first-order valence-electron chi connectivity index (χ1n) is 4.98. The lowest BCUT2D eigenvalue weighted by atomic mass is 10.2. The number of hydrogen-bond acceptors (Lipinski definition) is 1. The van der Waals surface area contributed by atoms with Gasteiger partial charge in [-0.15, -0.1) is 0 Å². The van der Waals surface area contributed by atoms with E-state index in [1.54, 1.807) is 0 Å². The van der Waals surface area contributed by atoms with Gasteiger partial charge in [-0.25, -0.2) is 8.78 Å². The summed E-state index contributed by atoms with van der Waals surface area (Å²) in [5, 5.41) is 0. The Morgan fingerprint density at radius 1 is 0.941 bits per heavy atom. The number of para-hydroxylation sites is 1. The van der Waals surface area contributed by atoms with Crippen molar-refractivity contribution < 1.29 is 13.5 Å². The maximum atomic E-state index is 13.3. The summed E-state index contributed by atoms with van der Waals surface area (Å²) >= 11 is 2.19. The van der Waals surface area contributed by atoms with E-state index >= 15 is 0 Å². The Balaban J connectivity index is 2.10. The number of rotatable bonds is 3. The second-order valence-electron chi connectivity index (χ2n) is 3.47. The number of halogens is 3. The van der Waals surface area contributed by atoms with E-state index < -0.39 is 11.6 Å². The highest BCUT2D eigenvalue weighted by atomic mass is 127. The number of ether oxygens (including phenoxy) is 1. The van der Waals surface area contributed by atoms with Gasteiger partial charge in [0.15, 0.2) is 17.4 Å². The van der Waals surface area contributed by atoms with E-state index in [9.17, 15) is 8.78 Å². The lowest BCUT2D eigenvalue weighted by molar-refractivity contribution is 0.274. The largest absolute Gasteiger partial charge is 0.483 e. The molecule has 0 unspecified atom stereocenters. The monoisotopic (exact) mass is 346 g/mol. The van der Waals surface area contributed by atoms with Crippen LogP contribution in [0, 0.1) is 15.2 Å². The molecule has 1 nitrogen and oxygen atoms in total.